The highest BCUT2D eigenvalue weighted by atomic mass is 16.2. The van der Waals surface area contributed by atoms with Crippen LogP contribution in [0.25, 0.3) is 33.4 Å². The summed E-state index contributed by atoms with van der Waals surface area (Å²) in [6.07, 6.45) is 0. The summed E-state index contributed by atoms with van der Waals surface area (Å²) < 4.78 is 4.62. The maximum absolute atomic E-state index is 12.7. The molecule has 0 spiro atoms. The number of nitrogens with two attached hydrogens (primary N) is 1. The van der Waals surface area contributed by atoms with Crippen LogP contribution in [0.4, 0.5) is 5.82 Å². The number of aryl methyl sites for hydroxylation is 1. The lowest BCUT2D eigenvalue weighted by Crippen LogP contribution is -2.23. The third-order valence-corrected chi connectivity index (χ3v) is 5.16. The van der Waals surface area contributed by atoms with Crippen LogP contribution in [0.1, 0.15) is 31.6 Å². The minimum Gasteiger partial charge on any atom is -0.383 e. The van der Waals surface area contributed by atoms with Gasteiger partial charge in [0, 0.05) is 25.6 Å². The zero-order valence-corrected chi connectivity index (χ0v) is 16.9. The number of fused-ring (bicyclic) bond motifs is 1. The molecule has 7 nitrogen and oxygen atoms in total. The first-order chi connectivity index (χ1) is 13.8. The Kier molecular flexibility index (Phi) is 4.38. The minimum atomic E-state index is -0.259. The normalized spacial score (nSPS) is 11.5. The van der Waals surface area contributed by atoms with Crippen LogP contribution in [0.15, 0.2) is 53.3 Å². The van der Waals surface area contributed by atoms with Crippen molar-refractivity contribution in [3.05, 3.63) is 59.0 Å². The predicted molar refractivity (Wildman–Crippen MR) is 115 cm³/mol. The number of benzene rings is 2. The van der Waals surface area contributed by atoms with Crippen LogP contribution in [0.3, 0.4) is 0 Å². The van der Waals surface area contributed by atoms with Gasteiger partial charge in [-0.15, -0.1) is 0 Å². The molecule has 0 bridgehead atoms. The molecule has 2 N–H and O–H groups in total. The fourth-order valence-electron chi connectivity index (χ4n) is 3.77. The van der Waals surface area contributed by atoms with E-state index in [9.17, 15) is 9.59 Å². The third-order valence-electron chi connectivity index (χ3n) is 5.16. The largest absolute Gasteiger partial charge is 0.383 e. The number of carbonyl (C=O) groups is 1. The fraction of sp³-hybridized carbons (Fsp3) is 0.227. The summed E-state index contributed by atoms with van der Waals surface area (Å²) in [5.74, 6) is 0.0226. The molecule has 4 aromatic rings. The Morgan fingerprint density at radius 1 is 1.03 bits per heavy atom. The van der Waals surface area contributed by atoms with E-state index in [4.69, 9.17) is 5.73 Å². The molecule has 0 atom stereocenters. The Bertz CT molecular complexity index is 1290. The maximum atomic E-state index is 12.7. The van der Waals surface area contributed by atoms with Crippen LogP contribution in [-0.2, 0) is 7.05 Å². The van der Waals surface area contributed by atoms with Gasteiger partial charge in [0.2, 0.25) is 5.91 Å². The number of rotatable bonds is 3. The van der Waals surface area contributed by atoms with Crippen LogP contribution in [0.2, 0.25) is 0 Å². The second-order valence-electron chi connectivity index (χ2n) is 7.41. The molecular weight excluding hydrogens is 366 g/mol. The Morgan fingerprint density at radius 3 is 2.34 bits per heavy atom. The minimum absolute atomic E-state index is 0.0439. The molecule has 0 saturated heterocycles. The van der Waals surface area contributed by atoms with Crippen LogP contribution >= 0.6 is 0 Å². The van der Waals surface area contributed by atoms with E-state index in [1.807, 2.05) is 62.4 Å². The first kappa shape index (κ1) is 18.7. The Balaban J connectivity index is 2.02. The van der Waals surface area contributed by atoms with Gasteiger partial charge in [-0.25, -0.2) is 4.79 Å². The molecule has 0 amide bonds. The van der Waals surface area contributed by atoms with E-state index in [-0.39, 0.29) is 23.5 Å². The van der Waals surface area contributed by atoms with E-state index in [0.29, 0.717) is 11.3 Å². The number of hydrogen-bond acceptors (Lipinski definition) is 4. The first-order valence-corrected chi connectivity index (χ1v) is 9.47. The van der Waals surface area contributed by atoms with E-state index >= 15 is 0 Å². The highest BCUT2D eigenvalue weighted by molar-refractivity contribution is 5.95. The molecule has 0 unspecified atom stereocenters. The van der Waals surface area contributed by atoms with Crippen molar-refractivity contribution < 1.29 is 4.79 Å². The summed E-state index contributed by atoms with van der Waals surface area (Å²) in [5.41, 5.74) is 10.9. The number of anilines is 1. The maximum Gasteiger partial charge on any atom is 0.329 e. The molecule has 4 rings (SSSR count). The number of carbonyl (C=O) groups excluding carboxylic acids is 1. The number of nitrogen functional groups attached to an aromatic ring is 1. The van der Waals surface area contributed by atoms with Gasteiger partial charge in [0.25, 0.3) is 0 Å². The molecule has 2 heterocycles. The molecule has 0 saturated carbocycles. The second-order valence-corrected chi connectivity index (χ2v) is 7.41. The highest BCUT2D eigenvalue weighted by Crippen LogP contribution is 2.37. The molecule has 0 fully saturated rings. The fourth-order valence-corrected chi connectivity index (χ4v) is 3.77. The molecule has 29 heavy (non-hydrogen) atoms. The molecule has 0 radical (unpaired) electrons. The van der Waals surface area contributed by atoms with Crippen LogP contribution in [0.5, 0.6) is 0 Å². The summed E-state index contributed by atoms with van der Waals surface area (Å²) in [6.45, 7) is 5.39. The van der Waals surface area contributed by atoms with Gasteiger partial charge >= 0.3 is 5.69 Å². The van der Waals surface area contributed by atoms with E-state index < -0.39 is 0 Å². The summed E-state index contributed by atoms with van der Waals surface area (Å²) in [4.78, 5) is 24.7. The van der Waals surface area contributed by atoms with Crippen LogP contribution in [-0.4, -0.2) is 24.8 Å². The van der Waals surface area contributed by atoms with Crippen molar-refractivity contribution in [3.8, 4) is 22.4 Å². The zero-order valence-electron chi connectivity index (χ0n) is 16.9. The number of imidazole rings is 1. The van der Waals surface area contributed by atoms with Crippen molar-refractivity contribution in [2.75, 3.05) is 5.73 Å². The van der Waals surface area contributed by atoms with Gasteiger partial charge in [0.15, 0.2) is 0 Å². The lowest BCUT2D eigenvalue weighted by atomic mass is 10.0. The third kappa shape index (κ3) is 2.86. The Morgan fingerprint density at radius 2 is 1.72 bits per heavy atom. The number of nitrogens with zero attached hydrogens (tertiary/aromatic N) is 4. The van der Waals surface area contributed by atoms with Crippen molar-refractivity contribution in [1.82, 2.24) is 18.9 Å². The van der Waals surface area contributed by atoms with Gasteiger partial charge in [-0.3, -0.25) is 13.9 Å². The molecule has 0 aliphatic heterocycles. The molecule has 2 aromatic carbocycles. The van der Waals surface area contributed by atoms with Crippen molar-refractivity contribution in [1.29, 1.82) is 0 Å². The van der Waals surface area contributed by atoms with Crippen molar-refractivity contribution >= 4 is 22.8 Å². The van der Waals surface area contributed by atoms with Gasteiger partial charge < -0.3 is 5.73 Å². The molecule has 0 aliphatic rings. The quantitative estimate of drug-likeness (QED) is 0.579. The molecule has 2 aromatic heterocycles. The predicted octanol–water partition coefficient (Wildman–Crippen LogP) is 3.69. The number of hydrogen-bond donors (Lipinski definition) is 1. The zero-order chi connectivity index (χ0) is 20.9. The number of aromatic nitrogens is 4. The lowest BCUT2D eigenvalue weighted by Gasteiger charge is -2.08. The van der Waals surface area contributed by atoms with Gasteiger partial charge in [-0.05, 0) is 31.5 Å². The summed E-state index contributed by atoms with van der Waals surface area (Å²) in [5, 5.41) is 4.48. The standard InChI is InChI=1S/C22H23N5O2/c1-13(2)26-17-11-10-16(12-18(17)25(4)22(26)29)19-20(15-8-6-5-7-9-15)24-27(14(3)28)21(19)23/h5-13H,23H2,1-4H3. The van der Waals surface area contributed by atoms with Gasteiger partial charge in [0.05, 0.1) is 16.6 Å². The van der Waals surface area contributed by atoms with E-state index in [2.05, 4.69) is 5.10 Å². The van der Waals surface area contributed by atoms with Gasteiger partial charge in [0.1, 0.15) is 11.5 Å². The lowest BCUT2D eigenvalue weighted by molar-refractivity contribution is 0.0924. The van der Waals surface area contributed by atoms with Crippen molar-refractivity contribution in [3.63, 3.8) is 0 Å². The summed E-state index contributed by atoms with van der Waals surface area (Å²) in [7, 11) is 1.76. The van der Waals surface area contributed by atoms with Crippen molar-refractivity contribution in [2.45, 2.75) is 26.8 Å². The van der Waals surface area contributed by atoms with Gasteiger partial charge in [-0.1, -0.05) is 36.4 Å². The smallest absolute Gasteiger partial charge is 0.329 e. The Labute approximate surface area is 168 Å². The molecule has 148 valence electrons. The van der Waals surface area contributed by atoms with Crippen LogP contribution in [0, 0.1) is 0 Å². The summed E-state index contributed by atoms with van der Waals surface area (Å²) >= 11 is 0. The SMILES string of the molecule is CC(=O)n1nc(-c2ccccc2)c(-c2ccc3c(c2)n(C)c(=O)n3C(C)C)c1N. The van der Waals surface area contributed by atoms with Crippen LogP contribution < -0.4 is 11.4 Å². The topological polar surface area (TPSA) is 87.8 Å². The van der Waals surface area contributed by atoms with Gasteiger partial charge in [-0.2, -0.15) is 9.78 Å². The molecule has 7 heteroatoms. The average molecular weight is 389 g/mol. The van der Waals surface area contributed by atoms with E-state index in [1.54, 1.807) is 16.2 Å². The molecule has 0 aliphatic carbocycles. The average Bonchev–Trinajstić information content (AvgIpc) is 3.17. The van der Waals surface area contributed by atoms with E-state index in [0.717, 1.165) is 22.2 Å². The van der Waals surface area contributed by atoms with Crippen molar-refractivity contribution in [2.24, 2.45) is 7.05 Å². The van der Waals surface area contributed by atoms with E-state index in [1.165, 1.54) is 11.6 Å². The Hall–Kier alpha value is -3.61. The monoisotopic (exact) mass is 389 g/mol. The first-order valence-electron chi connectivity index (χ1n) is 9.47. The second kappa shape index (κ2) is 6.77. The highest BCUT2D eigenvalue weighted by Gasteiger charge is 2.22. The molecular formula is C22H23N5O2. The summed E-state index contributed by atoms with van der Waals surface area (Å²) in [6, 6.07) is 15.4.